The van der Waals surface area contributed by atoms with Gasteiger partial charge in [-0.1, -0.05) is 72.8 Å². The average Bonchev–Trinajstić information content (AvgIpc) is 2.70. The molecule has 0 bridgehead atoms. The molecule has 0 unspecified atom stereocenters. The van der Waals surface area contributed by atoms with Crippen molar-refractivity contribution in [2.24, 2.45) is 0 Å². The van der Waals surface area contributed by atoms with E-state index in [0.717, 1.165) is 16.3 Å². The molecule has 0 spiro atoms. The fourth-order valence-electron chi connectivity index (χ4n) is 3.37. The SMILES string of the molecule is C[C@@H](NC(=O)[C@H](NC(=O)OC(C)(C)C)c1ccccc1)c1cccc2ccccc12. The number of carbonyl (C=O) groups excluding carboxylic acids is 2. The van der Waals surface area contributed by atoms with Gasteiger partial charge < -0.3 is 15.4 Å². The summed E-state index contributed by atoms with van der Waals surface area (Å²) in [4.78, 5) is 25.5. The summed E-state index contributed by atoms with van der Waals surface area (Å²) in [5.41, 5.74) is 1.05. The number of fused-ring (bicyclic) bond motifs is 1. The van der Waals surface area contributed by atoms with Crippen molar-refractivity contribution >= 4 is 22.8 Å². The van der Waals surface area contributed by atoms with Crippen LogP contribution < -0.4 is 10.6 Å². The number of ether oxygens (including phenoxy) is 1. The third-order valence-electron chi connectivity index (χ3n) is 4.70. The molecule has 5 nitrogen and oxygen atoms in total. The van der Waals surface area contributed by atoms with Gasteiger partial charge in [-0.05, 0) is 49.6 Å². The molecular weight excluding hydrogens is 376 g/mol. The number of rotatable bonds is 5. The predicted molar refractivity (Wildman–Crippen MR) is 119 cm³/mol. The molecule has 0 aliphatic heterocycles. The zero-order chi connectivity index (χ0) is 21.7. The Labute approximate surface area is 177 Å². The van der Waals surface area contributed by atoms with Crippen LogP contribution in [-0.4, -0.2) is 17.6 Å². The highest BCUT2D eigenvalue weighted by molar-refractivity contribution is 5.89. The minimum Gasteiger partial charge on any atom is -0.444 e. The van der Waals surface area contributed by atoms with Gasteiger partial charge in [-0.2, -0.15) is 0 Å². The van der Waals surface area contributed by atoms with Gasteiger partial charge in [0, 0.05) is 0 Å². The highest BCUT2D eigenvalue weighted by atomic mass is 16.6. The van der Waals surface area contributed by atoms with Crippen LogP contribution in [0.3, 0.4) is 0 Å². The number of hydrogen-bond donors (Lipinski definition) is 2. The van der Waals surface area contributed by atoms with Gasteiger partial charge in [0.15, 0.2) is 0 Å². The molecule has 2 atom stereocenters. The lowest BCUT2D eigenvalue weighted by molar-refractivity contribution is -0.124. The van der Waals surface area contributed by atoms with Crippen LogP contribution in [0.15, 0.2) is 72.8 Å². The van der Waals surface area contributed by atoms with Crippen molar-refractivity contribution in [2.45, 2.75) is 45.4 Å². The lowest BCUT2D eigenvalue weighted by Gasteiger charge is -2.25. The molecule has 0 aliphatic rings. The molecule has 3 aromatic rings. The van der Waals surface area contributed by atoms with Gasteiger partial charge in [0.1, 0.15) is 11.6 Å². The van der Waals surface area contributed by atoms with Crippen molar-refractivity contribution in [3.8, 4) is 0 Å². The van der Waals surface area contributed by atoms with Crippen LogP contribution in [0.5, 0.6) is 0 Å². The smallest absolute Gasteiger partial charge is 0.408 e. The molecule has 0 heterocycles. The molecule has 0 radical (unpaired) electrons. The van der Waals surface area contributed by atoms with Gasteiger partial charge in [-0.3, -0.25) is 4.79 Å². The van der Waals surface area contributed by atoms with Gasteiger partial charge in [-0.25, -0.2) is 4.79 Å². The number of carbonyl (C=O) groups is 2. The molecule has 0 saturated heterocycles. The predicted octanol–water partition coefficient (Wildman–Crippen LogP) is 5.28. The minimum atomic E-state index is -0.863. The minimum absolute atomic E-state index is 0.241. The van der Waals surface area contributed by atoms with Crippen molar-refractivity contribution in [2.75, 3.05) is 0 Å². The van der Waals surface area contributed by atoms with Gasteiger partial charge in [-0.15, -0.1) is 0 Å². The second-order valence-electron chi connectivity index (χ2n) is 8.29. The average molecular weight is 405 g/mol. The van der Waals surface area contributed by atoms with Crippen molar-refractivity contribution < 1.29 is 14.3 Å². The Morgan fingerprint density at radius 2 is 1.47 bits per heavy atom. The third kappa shape index (κ3) is 5.38. The Kier molecular flexibility index (Phi) is 6.40. The lowest BCUT2D eigenvalue weighted by Crippen LogP contribution is -2.43. The molecule has 0 aliphatic carbocycles. The van der Waals surface area contributed by atoms with E-state index in [0.29, 0.717) is 5.56 Å². The first-order valence-electron chi connectivity index (χ1n) is 10.1. The normalized spacial score (nSPS) is 13.3. The van der Waals surface area contributed by atoms with Gasteiger partial charge >= 0.3 is 6.09 Å². The van der Waals surface area contributed by atoms with E-state index in [9.17, 15) is 9.59 Å². The van der Waals surface area contributed by atoms with Crippen LogP contribution in [0.1, 0.15) is 50.9 Å². The zero-order valence-electron chi connectivity index (χ0n) is 17.8. The first-order chi connectivity index (χ1) is 14.2. The van der Waals surface area contributed by atoms with Crippen molar-refractivity contribution in [1.29, 1.82) is 0 Å². The number of hydrogen-bond acceptors (Lipinski definition) is 3. The second kappa shape index (κ2) is 8.99. The summed E-state index contributed by atoms with van der Waals surface area (Å²) < 4.78 is 5.36. The molecule has 30 heavy (non-hydrogen) atoms. The topological polar surface area (TPSA) is 67.4 Å². The van der Waals surface area contributed by atoms with Crippen molar-refractivity contribution in [1.82, 2.24) is 10.6 Å². The molecule has 3 rings (SSSR count). The molecule has 0 fully saturated rings. The molecule has 2 N–H and O–H groups in total. The summed E-state index contributed by atoms with van der Waals surface area (Å²) in [5, 5.41) is 7.96. The van der Waals surface area contributed by atoms with Crippen LogP contribution in [0.2, 0.25) is 0 Å². The molecule has 3 aromatic carbocycles. The van der Waals surface area contributed by atoms with E-state index >= 15 is 0 Å². The van der Waals surface area contributed by atoms with E-state index in [-0.39, 0.29) is 11.9 Å². The Morgan fingerprint density at radius 3 is 2.17 bits per heavy atom. The monoisotopic (exact) mass is 404 g/mol. The Bertz CT molecular complexity index is 1020. The third-order valence-corrected chi connectivity index (χ3v) is 4.70. The van der Waals surface area contributed by atoms with E-state index in [1.165, 1.54) is 0 Å². The standard InChI is InChI=1S/C25H28N2O3/c1-17(20-16-10-14-18-11-8-9-15-21(18)20)26-23(28)22(19-12-6-5-7-13-19)27-24(29)30-25(2,3)4/h5-17,22H,1-4H3,(H,26,28)(H,27,29)/t17-,22-/m1/s1. The largest absolute Gasteiger partial charge is 0.444 e. The Balaban J connectivity index is 1.83. The first-order valence-corrected chi connectivity index (χ1v) is 10.1. The lowest BCUT2D eigenvalue weighted by atomic mass is 9.99. The van der Waals surface area contributed by atoms with Gasteiger partial charge in [0.05, 0.1) is 6.04 Å². The number of alkyl carbamates (subject to hydrolysis) is 1. The van der Waals surface area contributed by atoms with E-state index in [4.69, 9.17) is 4.74 Å². The summed E-state index contributed by atoms with van der Waals surface area (Å²) >= 11 is 0. The molecule has 2 amide bonds. The Morgan fingerprint density at radius 1 is 0.833 bits per heavy atom. The maximum absolute atomic E-state index is 13.2. The van der Waals surface area contributed by atoms with Gasteiger partial charge in [0.2, 0.25) is 5.91 Å². The summed E-state index contributed by atoms with van der Waals surface area (Å²) in [6.45, 7) is 7.29. The van der Waals surface area contributed by atoms with Crippen molar-refractivity contribution in [3.63, 3.8) is 0 Å². The molecule has 0 saturated carbocycles. The van der Waals surface area contributed by atoms with Crippen LogP contribution in [0.25, 0.3) is 10.8 Å². The van der Waals surface area contributed by atoms with E-state index in [1.807, 2.05) is 79.7 Å². The maximum Gasteiger partial charge on any atom is 0.408 e. The molecule has 5 heteroatoms. The first kappa shape index (κ1) is 21.4. The number of amides is 2. The summed E-state index contributed by atoms with van der Waals surface area (Å²) in [5.74, 6) is -0.299. The highest BCUT2D eigenvalue weighted by Crippen LogP contribution is 2.25. The number of nitrogens with one attached hydrogen (secondary N) is 2. The fourth-order valence-corrected chi connectivity index (χ4v) is 3.37. The van der Waals surface area contributed by atoms with E-state index < -0.39 is 17.7 Å². The van der Waals surface area contributed by atoms with Crippen LogP contribution in [0, 0.1) is 0 Å². The zero-order valence-corrected chi connectivity index (χ0v) is 17.8. The fraction of sp³-hybridized carbons (Fsp3) is 0.280. The number of benzene rings is 3. The van der Waals surface area contributed by atoms with Crippen LogP contribution in [0.4, 0.5) is 4.79 Å². The second-order valence-corrected chi connectivity index (χ2v) is 8.29. The van der Waals surface area contributed by atoms with E-state index in [2.05, 4.69) is 10.6 Å². The molecule has 156 valence electrons. The summed E-state index contributed by atoms with van der Waals surface area (Å²) in [6, 6.07) is 22.1. The van der Waals surface area contributed by atoms with Crippen LogP contribution in [-0.2, 0) is 9.53 Å². The summed E-state index contributed by atoms with van der Waals surface area (Å²) in [7, 11) is 0. The summed E-state index contributed by atoms with van der Waals surface area (Å²) in [6.07, 6.45) is -0.635. The molecule has 0 aromatic heterocycles. The van der Waals surface area contributed by atoms with Gasteiger partial charge in [0.25, 0.3) is 0 Å². The maximum atomic E-state index is 13.2. The molecular formula is C25H28N2O3. The van der Waals surface area contributed by atoms with Crippen LogP contribution >= 0.6 is 0 Å². The van der Waals surface area contributed by atoms with Crippen molar-refractivity contribution in [3.05, 3.63) is 83.9 Å². The quantitative estimate of drug-likeness (QED) is 0.608. The highest BCUT2D eigenvalue weighted by Gasteiger charge is 2.27. The van der Waals surface area contributed by atoms with E-state index in [1.54, 1.807) is 20.8 Å². The Hall–Kier alpha value is -3.34.